The van der Waals surface area contributed by atoms with Crippen molar-refractivity contribution in [2.75, 3.05) is 7.11 Å². The van der Waals surface area contributed by atoms with Crippen LogP contribution < -0.4 is 0 Å². The molecule has 0 spiro atoms. The van der Waals surface area contributed by atoms with E-state index in [2.05, 4.69) is 4.98 Å². The number of benzene rings is 1. The summed E-state index contributed by atoms with van der Waals surface area (Å²) in [5.74, 6) is -1.05. The number of aliphatic hydroxyl groups is 1. The van der Waals surface area contributed by atoms with Crippen LogP contribution in [0.2, 0.25) is 5.02 Å². The number of aromatic nitrogens is 1. The third-order valence-electron chi connectivity index (χ3n) is 3.39. The zero-order chi connectivity index (χ0) is 14.7. The molecule has 0 amide bonds. The van der Waals surface area contributed by atoms with Crippen molar-refractivity contribution in [2.45, 2.75) is 19.4 Å². The SMILES string of the molecule is CCC(C(=O)OC)C(O)c1ccc(Cl)c2cccnc12. The lowest BCUT2D eigenvalue weighted by Gasteiger charge is -2.20. The molecule has 0 fully saturated rings. The van der Waals surface area contributed by atoms with Gasteiger partial charge in [0.05, 0.1) is 24.6 Å². The van der Waals surface area contributed by atoms with Crippen LogP contribution in [0.3, 0.4) is 0 Å². The van der Waals surface area contributed by atoms with E-state index >= 15 is 0 Å². The number of carbonyl (C=O) groups is 1. The van der Waals surface area contributed by atoms with E-state index in [1.54, 1.807) is 24.4 Å². The maximum absolute atomic E-state index is 11.7. The van der Waals surface area contributed by atoms with Crippen LogP contribution >= 0.6 is 11.6 Å². The standard InChI is InChI=1S/C15H16ClNO3/c1-3-9(15(19)20-2)14(18)11-6-7-12(16)10-5-4-8-17-13(10)11/h4-9,14,18H,3H2,1-2H3. The number of carbonyl (C=O) groups excluding carboxylic acids is 1. The highest BCUT2D eigenvalue weighted by molar-refractivity contribution is 6.35. The molecule has 0 radical (unpaired) electrons. The third-order valence-corrected chi connectivity index (χ3v) is 3.72. The fourth-order valence-electron chi connectivity index (χ4n) is 2.29. The summed E-state index contributed by atoms with van der Waals surface area (Å²) in [6, 6.07) is 7.02. The second-order valence-corrected chi connectivity index (χ2v) is 4.93. The van der Waals surface area contributed by atoms with Gasteiger partial charge in [-0.1, -0.05) is 24.6 Å². The average Bonchev–Trinajstić information content (AvgIpc) is 2.48. The number of aliphatic hydroxyl groups excluding tert-OH is 1. The van der Waals surface area contributed by atoms with Gasteiger partial charge >= 0.3 is 5.97 Å². The number of pyridine rings is 1. The largest absolute Gasteiger partial charge is 0.469 e. The summed E-state index contributed by atoms with van der Waals surface area (Å²) in [7, 11) is 1.32. The highest BCUT2D eigenvalue weighted by Crippen LogP contribution is 2.33. The van der Waals surface area contributed by atoms with Gasteiger partial charge in [-0.25, -0.2) is 0 Å². The quantitative estimate of drug-likeness (QED) is 0.880. The second-order valence-electron chi connectivity index (χ2n) is 4.52. The lowest BCUT2D eigenvalue weighted by atomic mass is 9.92. The summed E-state index contributed by atoms with van der Waals surface area (Å²) in [5.41, 5.74) is 1.19. The van der Waals surface area contributed by atoms with Crippen LogP contribution in [0.4, 0.5) is 0 Å². The van der Waals surface area contributed by atoms with Crippen molar-refractivity contribution in [1.82, 2.24) is 4.98 Å². The van der Waals surface area contributed by atoms with Gasteiger partial charge in [-0.3, -0.25) is 9.78 Å². The predicted octanol–water partition coefficient (Wildman–Crippen LogP) is 3.12. The van der Waals surface area contributed by atoms with E-state index in [0.717, 1.165) is 5.39 Å². The van der Waals surface area contributed by atoms with E-state index in [1.807, 2.05) is 13.0 Å². The van der Waals surface area contributed by atoms with Crippen molar-refractivity contribution in [2.24, 2.45) is 5.92 Å². The Morgan fingerprint density at radius 1 is 1.45 bits per heavy atom. The minimum atomic E-state index is -0.970. The molecule has 0 aliphatic rings. The molecule has 4 nitrogen and oxygen atoms in total. The minimum Gasteiger partial charge on any atom is -0.469 e. The Kier molecular flexibility index (Phi) is 4.57. The predicted molar refractivity (Wildman–Crippen MR) is 77.5 cm³/mol. The minimum absolute atomic E-state index is 0.431. The van der Waals surface area contributed by atoms with Crippen molar-refractivity contribution in [3.05, 3.63) is 41.0 Å². The maximum atomic E-state index is 11.7. The topological polar surface area (TPSA) is 59.4 Å². The van der Waals surface area contributed by atoms with E-state index in [1.165, 1.54) is 7.11 Å². The molecule has 0 aliphatic carbocycles. The molecular weight excluding hydrogens is 278 g/mol. The molecule has 2 unspecified atom stereocenters. The van der Waals surface area contributed by atoms with Crippen molar-refractivity contribution in [1.29, 1.82) is 0 Å². The second kappa shape index (κ2) is 6.20. The summed E-state index contributed by atoms with van der Waals surface area (Å²) < 4.78 is 4.74. The fraction of sp³-hybridized carbons (Fsp3) is 0.333. The number of hydrogen-bond donors (Lipinski definition) is 1. The van der Waals surface area contributed by atoms with Crippen molar-refractivity contribution in [3.8, 4) is 0 Å². The van der Waals surface area contributed by atoms with Crippen LogP contribution in [0.15, 0.2) is 30.5 Å². The van der Waals surface area contributed by atoms with Crippen molar-refractivity contribution in [3.63, 3.8) is 0 Å². The van der Waals surface area contributed by atoms with E-state index < -0.39 is 18.0 Å². The molecule has 0 bridgehead atoms. The number of nitrogens with zero attached hydrogens (tertiary/aromatic N) is 1. The zero-order valence-electron chi connectivity index (χ0n) is 11.3. The number of rotatable bonds is 4. The number of methoxy groups -OCH3 is 1. The summed E-state index contributed by atoms with van der Waals surface area (Å²) >= 11 is 6.12. The number of ether oxygens (including phenoxy) is 1. The molecule has 5 heteroatoms. The summed E-state index contributed by atoms with van der Waals surface area (Å²) in [6.07, 6.45) is 1.14. The summed E-state index contributed by atoms with van der Waals surface area (Å²) in [4.78, 5) is 16.0. The van der Waals surface area contributed by atoms with Crippen molar-refractivity contribution >= 4 is 28.5 Å². The van der Waals surface area contributed by atoms with Gasteiger partial charge in [0, 0.05) is 22.2 Å². The van der Waals surface area contributed by atoms with Gasteiger partial charge in [-0.15, -0.1) is 0 Å². The first-order valence-corrected chi connectivity index (χ1v) is 6.77. The highest BCUT2D eigenvalue weighted by atomic mass is 35.5. The molecule has 1 aromatic heterocycles. The Balaban J connectivity index is 2.52. The molecule has 2 aromatic rings. The molecule has 2 atom stereocenters. The Hall–Kier alpha value is -1.65. The molecule has 0 aliphatic heterocycles. The van der Waals surface area contributed by atoms with E-state index in [-0.39, 0.29) is 0 Å². The lowest BCUT2D eigenvalue weighted by molar-refractivity contribution is -0.149. The van der Waals surface area contributed by atoms with E-state index in [0.29, 0.717) is 22.5 Å². The normalized spacial score (nSPS) is 14.0. The van der Waals surface area contributed by atoms with Gasteiger partial charge in [-0.05, 0) is 24.6 Å². The van der Waals surface area contributed by atoms with E-state index in [9.17, 15) is 9.90 Å². The monoisotopic (exact) mass is 293 g/mol. The van der Waals surface area contributed by atoms with Gasteiger partial charge < -0.3 is 9.84 Å². The van der Waals surface area contributed by atoms with Gasteiger partial charge in [0.25, 0.3) is 0 Å². The molecule has 0 saturated carbocycles. The van der Waals surface area contributed by atoms with Crippen LogP contribution in [-0.2, 0) is 9.53 Å². The van der Waals surface area contributed by atoms with Crippen LogP contribution in [0.1, 0.15) is 25.0 Å². The maximum Gasteiger partial charge on any atom is 0.311 e. The van der Waals surface area contributed by atoms with Crippen molar-refractivity contribution < 1.29 is 14.6 Å². The number of hydrogen-bond acceptors (Lipinski definition) is 4. The van der Waals surface area contributed by atoms with E-state index in [4.69, 9.17) is 16.3 Å². The average molecular weight is 294 g/mol. The van der Waals surface area contributed by atoms with Crippen LogP contribution in [-0.4, -0.2) is 23.2 Å². The Morgan fingerprint density at radius 2 is 2.20 bits per heavy atom. The first-order chi connectivity index (χ1) is 9.60. The van der Waals surface area contributed by atoms with Gasteiger partial charge in [0.15, 0.2) is 0 Å². The molecule has 0 saturated heterocycles. The molecular formula is C15H16ClNO3. The first-order valence-electron chi connectivity index (χ1n) is 6.39. The smallest absolute Gasteiger partial charge is 0.311 e. The first kappa shape index (κ1) is 14.8. The van der Waals surface area contributed by atoms with Crippen LogP contribution in [0.5, 0.6) is 0 Å². The lowest BCUT2D eigenvalue weighted by Crippen LogP contribution is -2.23. The van der Waals surface area contributed by atoms with Crippen LogP contribution in [0, 0.1) is 5.92 Å². The molecule has 2 rings (SSSR count). The Labute approximate surface area is 122 Å². The summed E-state index contributed by atoms with van der Waals surface area (Å²) in [6.45, 7) is 1.83. The zero-order valence-corrected chi connectivity index (χ0v) is 12.1. The highest BCUT2D eigenvalue weighted by Gasteiger charge is 2.29. The van der Waals surface area contributed by atoms with Gasteiger partial charge in [0.1, 0.15) is 0 Å². The Morgan fingerprint density at radius 3 is 2.85 bits per heavy atom. The molecule has 1 heterocycles. The summed E-state index contributed by atoms with van der Waals surface area (Å²) in [5, 5.41) is 11.8. The number of halogens is 1. The number of fused-ring (bicyclic) bond motifs is 1. The van der Waals surface area contributed by atoms with Gasteiger partial charge in [-0.2, -0.15) is 0 Å². The molecule has 20 heavy (non-hydrogen) atoms. The molecule has 1 N–H and O–H groups in total. The molecule has 1 aromatic carbocycles. The third kappa shape index (κ3) is 2.62. The molecule has 106 valence electrons. The number of esters is 1. The fourth-order valence-corrected chi connectivity index (χ4v) is 2.50. The Bertz CT molecular complexity index is 630. The van der Waals surface area contributed by atoms with Gasteiger partial charge in [0.2, 0.25) is 0 Å². The van der Waals surface area contributed by atoms with Crippen LogP contribution in [0.25, 0.3) is 10.9 Å².